The Kier molecular flexibility index (Phi) is 4.77. The lowest BCUT2D eigenvalue weighted by Gasteiger charge is -2.31. The van der Waals surface area contributed by atoms with Crippen molar-refractivity contribution in [3.63, 3.8) is 0 Å². The molecular formula is C12H23NO4. The third-order valence-corrected chi connectivity index (χ3v) is 2.57. The van der Waals surface area contributed by atoms with Gasteiger partial charge in [0.05, 0.1) is 24.9 Å². The maximum Gasteiger partial charge on any atom is 0.407 e. The van der Waals surface area contributed by atoms with Gasteiger partial charge in [-0.15, -0.1) is 0 Å². The Balaban J connectivity index is 2.29. The molecule has 1 heterocycles. The quantitative estimate of drug-likeness (QED) is 0.772. The van der Waals surface area contributed by atoms with Crippen molar-refractivity contribution in [3.8, 4) is 0 Å². The number of ether oxygens (including phenoxy) is 2. The molecule has 5 nitrogen and oxygen atoms in total. The number of rotatable bonds is 2. The van der Waals surface area contributed by atoms with E-state index in [0.717, 1.165) is 12.8 Å². The molecule has 0 radical (unpaired) electrons. The fraction of sp³-hybridized carbons (Fsp3) is 0.917. The van der Waals surface area contributed by atoms with Gasteiger partial charge in [-0.3, -0.25) is 0 Å². The number of nitrogens with one attached hydrogen (secondary N) is 1. The lowest BCUT2D eigenvalue weighted by molar-refractivity contribution is -0.0660. The summed E-state index contributed by atoms with van der Waals surface area (Å²) in [5.74, 6) is 0. The van der Waals surface area contributed by atoms with Crippen molar-refractivity contribution in [2.24, 2.45) is 0 Å². The summed E-state index contributed by atoms with van der Waals surface area (Å²) in [6.07, 6.45) is 0.554. The average molecular weight is 245 g/mol. The normalized spacial score (nSPS) is 27.4. The fourth-order valence-corrected chi connectivity index (χ4v) is 1.74. The van der Waals surface area contributed by atoms with Gasteiger partial charge >= 0.3 is 6.09 Å². The molecule has 0 aliphatic carbocycles. The highest BCUT2D eigenvalue weighted by atomic mass is 16.6. The topological polar surface area (TPSA) is 67.8 Å². The molecule has 3 atom stereocenters. The molecule has 0 unspecified atom stereocenters. The van der Waals surface area contributed by atoms with Crippen molar-refractivity contribution in [2.45, 2.75) is 64.4 Å². The van der Waals surface area contributed by atoms with Crippen LogP contribution in [0.15, 0.2) is 0 Å². The summed E-state index contributed by atoms with van der Waals surface area (Å²) in [5.41, 5.74) is -0.484. The van der Waals surface area contributed by atoms with Crippen LogP contribution in [0.4, 0.5) is 4.79 Å². The molecule has 5 heteroatoms. The van der Waals surface area contributed by atoms with E-state index in [-0.39, 0.29) is 12.1 Å². The summed E-state index contributed by atoms with van der Waals surface area (Å²) in [4.78, 5) is 11.5. The minimum absolute atomic E-state index is 0.0279. The zero-order chi connectivity index (χ0) is 13.1. The van der Waals surface area contributed by atoms with Crippen LogP contribution >= 0.6 is 0 Å². The Morgan fingerprint density at radius 3 is 2.53 bits per heavy atom. The van der Waals surface area contributed by atoms with Gasteiger partial charge < -0.3 is 19.9 Å². The first-order valence-corrected chi connectivity index (χ1v) is 6.07. The monoisotopic (exact) mass is 245 g/mol. The first-order valence-electron chi connectivity index (χ1n) is 6.07. The molecule has 0 aromatic heterocycles. The standard InChI is InChI=1S/C12H23NO4/c1-8(14)10-6-5-9(7-16-10)13-11(15)17-12(2,3)4/h8-10,14H,5-7H2,1-4H3,(H,13,15)/t8-,9+,10-/m0/s1. The Hall–Kier alpha value is -0.810. The van der Waals surface area contributed by atoms with E-state index in [1.54, 1.807) is 6.92 Å². The zero-order valence-corrected chi connectivity index (χ0v) is 11.0. The van der Waals surface area contributed by atoms with Crippen LogP contribution in [-0.4, -0.2) is 41.7 Å². The molecule has 1 rings (SSSR count). The SMILES string of the molecule is C[C@H](O)[C@@H]1CC[C@@H](NC(=O)OC(C)(C)C)CO1. The lowest BCUT2D eigenvalue weighted by Crippen LogP contribution is -2.46. The molecule has 1 fully saturated rings. The smallest absolute Gasteiger partial charge is 0.407 e. The molecule has 1 amide bonds. The summed E-state index contributed by atoms with van der Waals surface area (Å²) >= 11 is 0. The van der Waals surface area contributed by atoms with Crippen molar-refractivity contribution < 1.29 is 19.4 Å². The molecule has 0 aromatic rings. The van der Waals surface area contributed by atoms with E-state index in [4.69, 9.17) is 9.47 Å². The number of aliphatic hydroxyl groups is 1. The molecule has 0 aromatic carbocycles. The number of hydrogen-bond donors (Lipinski definition) is 2. The van der Waals surface area contributed by atoms with Crippen molar-refractivity contribution >= 4 is 6.09 Å². The van der Waals surface area contributed by atoms with Gasteiger partial charge in [0.15, 0.2) is 0 Å². The molecule has 0 saturated carbocycles. The minimum Gasteiger partial charge on any atom is -0.444 e. The summed E-state index contributed by atoms with van der Waals surface area (Å²) in [6.45, 7) is 7.62. The number of aliphatic hydroxyl groups excluding tert-OH is 1. The molecule has 17 heavy (non-hydrogen) atoms. The Morgan fingerprint density at radius 2 is 2.12 bits per heavy atom. The van der Waals surface area contributed by atoms with Gasteiger partial charge in [0.25, 0.3) is 0 Å². The lowest BCUT2D eigenvalue weighted by atomic mass is 10.0. The van der Waals surface area contributed by atoms with Gasteiger partial charge in [-0.25, -0.2) is 4.79 Å². The highest BCUT2D eigenvalue weighted by molar-refractivity contribution is 5.68. The number of alkyl carbamates (subject to hydrolysis) is 1. The Morgan fingerprint density at radius 1 is 1.47 bits per heavy atom. The first kappa shape index (κ1) is 14.3. The number of amides is 1. The van der Waals surface area contributed by atoms with Gasteiger partial charge in [0, 0.05) is 0 Å². The van der Waals surface area contributed by atoms with Gasteiger partial charge in [0.2, 0.25) is 0 Å². The molecule has 2 N–H and O–H groups in total. The third-order valence-electron chi connectivity index (χ3n) is 2.57. The molecule has 100 valence electrons. The van der Waals surface area contributed by atoms with Crippen LogP contribution in [0.1, 0.15) is 40.5 Å². The summed E-state index contributed by atoms with van der Waals surface area (Å²) in [7, 11) is 0. The second-order valence-electron chi connectivity index (χ2n) is 5.53. The summed E-state index contributed by atoms with van der Waals surface area (Å²) in [6, 6.07) is -0.0279. The third kappa shape index (κ3) is 5.37. The van der Waals surface area contributed by atoms with Crippen LogP contribution in [-0.2, 0) is 9.47 Å². The van der Waals surface area contributed by atoms with Gasteiger partial charge in [-0.05, 0) is 40.5 Å². The molecule has 1 aliphatic rings. The zero-order valence-electron chi connectivity index (χ0n) is 11.0. The van der Waals surface area contributed by atoms with Gasteiger partial charge in [-0.1, -0.05) is 0 Å². The van der Waals surface area contributed by atoms with E-state index >= 15 is 0 Å². The van der Waals surface area contributed by atoms with Gasteiger partial charge in [0.1, 0.15) is 5.60 Å². The van der Waals surface area contributed by atoms with Crippen LogP contribution in [0.5, 0.6) is 0 Å². The Bertz CT molecular complexity index is 252. The highest BCUT2D eigenvalue weighted by Crippen LogP contribution is 2.17. The fourth-order valence-electron chi connectivity index (χ4n) is 1.74. The highest BCUT2D eigenvalue weighted by Gasteiger charge is 2.27. The van der Waals surface area contributed by atoms with Crippen LogP contribution in [0, 0.1) is 0 Å². The summed E-state index contributed by atoms with van der Waals surface area (Å²) < 4.78 is 10.6. The summed E-state index contributed by atoms with van der Waals surface area (Å²) in [5, 5.41) is 12.1. The van der Waals surface area contributed by atoms with Gasteiger partial charge in [-0.2, -0.15) is 0 Å². The minimum atomic E-state index is -0.484. The second-order valence-corrected chi connectivity index (χ2v) is 5.53. The predicted octanol–water partition coefficient (Wildman–Crippen LogP) is 1.44. The predicted molar refractivity (Wildman–Crippen MR) is 63.8 cm³/mol. The van der Waals surface area contributed by atoms with Crippen molar-refractivity contribution in [1.29, 1.82) is 0 Å². The van der Waals surface area contributed by atoms with Crippen LogP contribution < -0.4 is 5.32 Å². The number of carbonyl (C=O) groups is 1. The second kappa shape index (κ2) is 5.69. The number of carbonyl (C=O) groups excluding carboxylic acids is 1. The molecule has 0 bridgehead atoms. The van der Waals surface area contributed by atoms with E-state index in [2.05, 4.69) is 5.32 Å². The Labute approximate surface area is 102 Å². The maximum absolute atomic E-state index is 11.5. The molecule has 1 aliphatic heterocycles. The van der Waals surface area contributed by atoms with E-state index in [1.807, 2.05) is 20.8 Å². The van der Waals surface area contributed by atoms with Crippen molar-refractivity contribution in [3.05, 3.63) is 0 Å². The van der Waals surface area contributed by atoms with Crippen LogP contribution in [0.2, 0.25) is 0 Å². The maximum atomic E-state index is 11.5. The van der Waals surface area contributed by atoms with E-state index in [9.17, 15) is 9.90 Å². The molecule has 1 saturated heterocycles. The molecule has 0 spiro atoms. The largest absolute Gasteiger partial charge is 0.444 e. The van der Waals surface area contributed by atoms with Crippen molar-refractivity contribution in [1.82, 2.24) is 5.32 Å². The van der Waals surface area contributed by atoms with Crippen LogP contribution in [0.25, 0.3) is 0 Å². The molecular weight excluding hydrogens is 222 g/mol. The van der Waals surface area contributed by atoms with Crippen LogP contribution in [0.3, 0.4) is 0 Å². The first-order chi connectivity index (χ1) is 7.78. The van der Waals surface area contributed by atoms with E-state index in [0.29, 0.717) is 6.61 Å². The number of hydrogen-bond acceptors (Lipinski definition) is 4. The average Bonchev–Trinajstić information content (AvgIpc) is 2.15. The van der Waals surface area contributed by atoms with Crippen molar-refractivity contribution in [2.75, 3.05) is 6.61 Å². The van der Waals surface area contributed by atoms with E-state index in [1.165, 1.54) is 0 Å². The van der Waals surface area contributed by atoms with E-state index < -0.39 is 17.8 Å².